The lowest BCUT2D eigenvalue weighted by atomic mass is 10.0. The second kappa shape index (κ2) is 16.1. The van der Waals surface area contributed by atoms with E-state index < -0.39 is 110 Å². The molecule has 2 aliphatic rings. The number of hydrogen-bond donors (Lipinski definition) is 2. The molecule has 2 N–H and O–H groups in total. The van der Waals surface area contributed by atoms with Crippen LogP contribution in [-0.4, -0.2) is 115 Å². The number of nitrogens with one attached hydrogen (secondary N) is 1. The minimum atomic E-state index is -4.58. The Bertz CT molecular complexity index is 1640. The summed E-state index contributed by atoms with van der Waals surface area (Å²) in [6.45, 7) is 5.55. The van der Waals surface area contributed by atoms with Crippen LogP contribution in [0.15, 0.2) is 30.7 Å². The summed E-state index contributed by atoms with van der Waals surface area (Å²) in [6, 6.07) is 0.770. The average Bonchev–Trinajstić information content (AvgIpc) is 3.61. The molecule has 3 amide bonds. The summed E-state index contributed by atoms with van der Waals surface area (Å²) < 4.78 is 103. The van der Waals surface area contributed by atoms with E-state index in [0.717, 1.165) is 28.4 Å². The van der Waals surface area contributed by atoms with Gasteiger partial charge in [-0.2, -0.15) is 13.2 Å². The van der Waals surface area contributed by atoms with Crippen LogP contribution < -0.4 is 5.32 Å². The average molecular weight is 767 g/mol. The predicted molar refractivity (Wildman–Crippen MR) is 172 cm³/mol. The Balaban J connectivity index is 0.000000353. The van der Waals surface area contributed by atoms with Gasteiger partial charge >= 0.3 is 24.3 Å². The lowest BCUT2D eigenvalue weighted by Gasteiger charge is -2.27. The highest BCUT2D eigenvalue weighted by Crippen LogP contribution is 2.34. The normalized spacial score (nSPS) is 23.2. The molecule has 53 heavy (non-hydrogen) atoms. The molecule has 2 saturated heterocycles. The number of ether oxygens (including phenoxy) is 2. The molecule has 2 unspecified atom stereocenters. The van der Waals surface area contributed by atoms with Gasteiger partial charge in [-0.1, -0.05) is 0 Å². The molecule has 4 atom stereocenters. The van der Waals surface area contributed by atoms with Crippen LogP contribution in [0.1, 0.15) is 65.8 Å². The first-order valence-corrected chi connectivity index (χ1v) is 16.1. The molecule has 2 aromatic heterocycles. The quantitative estimate of drug-likeness (QED) is 0.338. The van der Waals surface area contributed by atoms with Crippen LogP contribution in [0.5, 0.6) is 0 Å². The maximum atomic E-state index is 14.7. The second-order valence-electron chi connectivity index (χ2n) is 14.6. The number of nitrogens with zero attached hydrogens (tertiary/aromatic N) is 5. The fourth-order valence-electron chi connectivity index (χ4n) is 5.21. The summed E-state index contributed by atoms with van der Waals surface area (Å²) in [5.41, 5.74) is -6.60. The molecule has 13 nitrogen and oxygen atoms in total. The number of hydrogen-bond acceptors (Lipinski definition) is 9. The zero-order valence-electron chi connectivity index (χ0n) is 29.8. The third kappa shape index (κ3) is 11.9. The zero-order valence-corrected chi connectivity index (χ0v) is 29.8. The van der Waals surface area contributed by atoms with Crippen LogP contribution in [0.25, 0.3) is 11.3 Å². The van der Waals surface area contributed by atoms with Crippen LogP contribution in [0, 0.1) is 0 Å². The van der Waals surface area contributed by atoms with Crippen molar-refractivity contribution < 1.29 is 64.5 Å². The number of aliphatic carboxylic acids is 1. The highest BCUT2D eigenvalue weighted by molar-refractivity contribution is 5.86. The molecule has 0 aromatic carbocycles. The predicted octanol–water partition coefficient (Wildman–Crippen LogP) is 5.62. The number of carboxylic acids is 1. The van der Waals surface area contributed by atoms with Crippen molar-refractivity contribution in [2.75, 3.05) is 26.4 Å². The molecule has 0 saturated carbocycles. The highest BCUT2D eigenvalue weighted by Gasteiger charge is 2.52. The monoisotopic (exact) mass is 766 g/mol. The van der Waals surface area contributed by atoms with Gasteiger partial charge in [-0.15, -0.1) is 0 Å². The molecule has 0 radical (unpaired) electrons. The SMILES string of the molecule is CC(C)(C)OC(=O)N1CC(F)(CF)C[C@H]1C(=O)NCc1cc(-c2ccc(C(F)(F)F)nc2)ncn1.CC(C)(C)OC(=O)N1CC(F)(CF)C[C@H]1C(=O)O. The molecule has 2 aromatic rings. The van der Waals surface area contributed by atoms with Gasteiger partial charge in [-0.05, 0) is 59.7 Å². The van der Waals surface area contributed by atoms with Crippen LogP contribution in [0.2, 0.25) is 0 Å². The topological polar surface area (TPSA) is 164 Å². The molecular formula is C33H41F7N6O7. The highest BCUT2D eigenvalue weighted by atomic mass is 19.4. The number of alkyl halides is 7. The number of carbonyl (C=O) groups excluding carboxylic acids is 3. The number of carbonyl (C=O) groups is 4. The number of rotatable bonds is 7. The second-order valence-corrected chi connectivity index (χ2v) is 14.6. The van der Waals surface area contributed by atoms with Crippen molar-refractivity contribution in [1.29, 1.82) is 0 Å². The number of aromatic nitrogens is 3. The van der Waals surface area contributed by atoms with E-state index in [-0.39, 0.29) is 12.2 Å². The molecule has 0 bridgehead atoms. The minimum absolute atomic E-state index is 0.157. The van der Waals surface area contributed by atoms with Crippen LogP contribution >= 0.6 is 0 Å². The van der Waals surface area contributed by atoms with E-state index in [2.05, 4.69) is 20.3 Å². The van der Waals surface area contributed by atoms with Gasteiger partial charge in [0.15, 0.2) is 11.3 Å². The Morgan fingerprint density at radius 3 is 1.79 bits per heavy atom. The number of pyridine rings is 1. The standard InChI is InChI=1S/C22H24F5N5O3.C11H17F2NO4/c1-20(2,3)35-19(34)32-11-21(24,10-23)7-16(32)18(33)29-9-14-6-15(31-12-30-14)13-4-5-17(28-8-13)22(25,26)27;1-10(2,3)18-9(17)14-6-11(13,5-12)4-7(14)8(15)16/h4-6,8,12,16H,7,9-11H2,1-3H3,(H,29,33);7H,4-6H2,1-3H3,(H,15,16)/t16-,21?;7-,11?/m00/s1. The van der Waals surface area contributed by atoms with Crippen molar-refractivity contribution in [3.63, 3.8) is 0 Å². The Labute approximate surface area is 300 Å². The van der Waals surface area contributed by atoms with Crippen molar-refractivity contribution >= 4 is 24.1 Å². The van der Waals surface area contributed by atoms with Gasteiger partial charge in [0.25, 0.3) is 0 Å². The van der Waals surface area contributed by atoms with Crippen molar-refractivity contribution in [3.05, 3.63) is 42.1 Å². The minimum Gasteiger partial charge on any atom is -0.480 e. The fraction of sp³-hybridized carbons (Fsp3) is 0.606. The summed E-state index contributed by atoms with van der Waals surface area (Å²) >= 11 is 0. The van der Waals surface area contributed by atoms with Gasteiger partial charge in [0, 0.05) is 24.6 Å². The van der Waals surface area contributed by atoms with Crippen molar-refractivity contribution in [1.82, 2.24) is 30.1 Å². The van der Waals surface area contributed by atoms with E-state index in [4.69, 9.17) is 14.6 Å². The van der Waals surface area contributed by atoms with Crippen molar-refractivity contribution in [2.45, 2.75) is 102 Å². The van der Waals surface area contributed by atoms with Gasteiger partial charge in [0.05, 0.1) is 31.0 Å². The van der Waals surface area contributed by atoms with Gasteiger partial charge in [-0.3, -0.25) is 19.6 Å². The molecule has 2 aliphatic heterocycles. The maximum Gasteiger partial charge on any atom is 0.433 e. The molecule has 294 valence electrons. The first kappa shape index (κ1) is 42.6. The number of carboxylic acid groups (broad SMARTS) is 1. The fourth-order valence-corrected chi connectivity index (χ4v) is 5.21. The molecular weight excluding hydrogens is 725 g/mol. The first-order chi connectivity index (χ1) is 24.3. The number of likely N-dealkylation sites (tertiary alicyclic amines) is 2. The summed E-state index contributed by atoms with van der Waals surface area (Å²) in [6.07, 6.45) is -5.38. The third-order valence-corrected chi connectivity index (χ3v) is 7.62. The largest absolute Gasteiger partial charge is 0.480 e. The Morgan fingerprint density at radius 2 is 1.36 bits per heavy atom. The van der Waals surface area contributed by atoms with Crippen molar-refractivity contribution in [3.8, 4) is 11.3 Å². The smallest absolute Gasteiger partial charge is 0.433 e. The Morgan fingerprint density at radius 1 is 0.849 bits per heavy atom. The molecule has 4 heterocycles. The summed E-state index contributed by atoms with van der Waals surface area (Å²) in [5.74, 6) is -2.10. The molecule has 20 heteroatoms. The van der Waals surface area contributed by atoms with E-state index in [9.17, 15) is 49.9 Å². The van der Waals surface area contributed by atoms with E-state index >= 15 is 0 Å². The first-order valence-electron chi connectivity index (χ1n) is 16.1. The van der Waals surface area contributed by atoms with Gasteiger partial charge in [0.1, 0.15) is 48.7 Å². The summed E-state index contributed by atoms with van der Waals surface area (Å²) in [4.78, 5) is 60.9. The lowest BCUT2D eigenvalue weighted by Crippen LogP contribution is -2.47. The van der Waals surface area contributed by atoms with E-state index in [1.807, 2.05) is 0 Å². The summed E-state index contributed by atoms with van der Waals surface area (Å²) in [7, 11) is 0. The zero-order chi connectivity index (χ0) is 40.2. The maximum absolute atomic E-state index is 14.7. The van der Waals surface area contributed by atoms with Crippen LogP contribution in [0.3, 0.4) is 0 Å². The number of halogens is 7. The van der Waals surface area contributed by atoms with E-state index in [1.54, 1.807) is 41.5 Å². The van der Waals surface area contributed by atoms with Gasteiger partial charge in [-0.25, -0.2) is 41.9 Å². The third-order valence-electron chi connectivity index (χ3n) is 7.62. The molecule has 4 rings (SSSR count). The van der Waals surface area contributed by atoms with E-state index in [1.165, 1.54) is 12.1 Å². The van der Waals surface area contributed by atoms with Crippen LogP contribution in [-0.2, 0) is 31.8 Å². The lowest BCUT2D eigenvalue weighted by molar-refractivity contribution is -0.142. The number of amides is 3. The summed E-state index contributed by atoms with van der Waals surface area (Å²) in [5, 5.41) is 11.4. The molecule has 0 aliphatic carbocycles. The Kier molecular flexibility index (Phi) is 12.9. The van der Waals surface area contributed by atoms with Crippen molar-refractivity contribution in [2.24, 2.45) is 0 Å². The van der Waals surface area contributed by atoms with Gasteiger partial charge < -0.3 is 19.9 Å². The molecule has 2 fully saturated rings. The Hall–Kier alpha value is -4.78. The van der Waals surface area contributed by atoms with E-state index in [0.29, 0.717) is 11.3 Å². The van der Waals surface area contributed by atoms with Crippen LogP contribution in [0.4, 0.5) is 40.3 Å². The van der Waals surface area contributed by atoms with Gasteiger partial charge in [0.2, 0.25) is 5.91 Å². The molecule has 0 spiro atoms.